The Labute approximate surface area is 156 Å². The van der Waals surface area contributed by atoms with E-state index in [1.54, 1.807) is 11.6 Å². The van der Waals surface area contributed by atoms with Gasteiger partial charge in [-0.2, -0.15) is 0 Å². The average Bonchev–Trinajstić information content (AvgIpc) is 2.99. The van der Waals surface area contributed by atoms with Gasteiger partial charge in [0.05, 0.1) is 12.9 Å². The second-order valence-electron chi connectivity index (χ2n) is 6.17. The maximum atomic E-state index is 12.3. The molecule has 0 saturated heterocycles. The molecular weight excluding hydrogens is 356 g/mol. The lowest BCUT2D eigenvalue weighted by Crippen LogP contribution is -2.29. The molecule has 0 aromatic carbocycles. The van der Waals surface area contributed by atoms with Gasteiger partial charge in [-0.25, -0.2) is 9.78 Å². The molecule has 0 amide bonds. The Bertz CT molecular complexity index is 868. The lowest BCUT2D eigenvalue weighted by molar-refractivity contribution is -0.137. The second kappa shape index (κ2) is 9.61. The van der Waals surface area contributed by atoms with Crippen molar-refractivity contribution in [2.75, 3.05) is 12.9 Å². The number of unbranched alkanes of at least 4 members (excludes halogenated alkanes) is 5. The van der Waals surface area contributed by atoms with E-state index in [2.05, 4.69) is 21.6 Å². The van der Waals surface area contributed by atoms with Crippen LogP contribution in [0.2, 0.25) is 0 Å². The minimum atomic E-state index is -0.503. The van der Waals surface area contributed by atoms with E-state index >= 15 is 0 Å². The van der Waals surface area contributed by atoms with Crippen LogP contribution in [0.4, 0.5) is 0 Å². The number of hydrogen-bond donors (Lipinski definition) is 1. The first-order valence-corrected chi connectivity index (χ1v) is 9.87. The Morgan fingerprint density at radius 2 is 1.88 bits per heavy atom. The molecule has 2 rings (SSSR count). The van der Waals surface area contributed by atoms with E-state index in [4.69, 9.17) is 0 Å². The summed E-state index contributed by atoms with van der Waals surface area (Å²) in [4.78, 5) is 42.4. The topological polar surface area (TPSA) is 99.0 Å². The summed E-state index contributed by atoms with van der Waals surface area (Å²) >= 11 is 1.21. The maximum absolute atomic E-state index is 12.3. The first-order chi connectivity index (χ1) is 12.5. The van der Waals surface area contributed by atoms with Crippen LogP contribution in [0.5, 0.6) is 0 Å². The Hall–Kier alpha value is -2.03. The number of aryl methyl sites for hydroxylation is 2. The number of aromatic amines is 1. The Kier molecular flexibility index (Phi) is 7.50. The number of aromatic nitrogens is 4. The molecule has 1 N–H and O–H groups in total. The van der Waals surface area contributed by atoms with Crippen LogP contribution in [0.25, 0.3) is 11.2 Å². The highest BCUT2D eigenvalue weighted by Crippen LogP contribution is 2.22. The van der Waals surface area contributed by atoms with E-state index in [0.29, 0.717) is 22.9 Å². The van der Waals surface area contributed by atoms with Crippen LogP contribution in [0.1, 0.15) is 45.4 Å². The number of thioether (sulfide) groups is 1. The van der Waals surface area contributed by atoms with E-state index < -0.39 is 11.2 Å². The fourth-order valence-electron chi connectivity index (χ4n) is 2.76. The summed E-state index contributed by atoms with van der Waals surface area (Å²) in [5.74, 6) is -0.265. The van der Waals surface area contributed by atoms with Crippen molar-refractivity contribution < 1.29 is 9.53 Å². The van der Waals surface area contributed by atoms with Crippen molar-refractivity contribution >= 4 is 28.9 Å². The molecule has 0 unspecified atom stereocenters. The highest BCUT2D eigenvalue weighted by Gasteiger charge is 2.18. The van der Waals surface area contributed by atoms with Gasteiger partial charge in [0.1, 0.15) is 0 Å². The van der Waals surface area contributed by atoms with E-state index in [-0.39, 0.29) is 11.7 Å². The molecule has 9 heteroatoms. The number of hydrogen-bond acceptors (Lipinski definition) is 6. The first kappa shape index (κ1) is 20.3. The van der Waals surface area contributed by atoms with Crippen LogP contribution < -0.4 is 11.2 Å². The van der Waals surface area contributed by atoms with Crippen molar-refractivity contribution in [1.82, 2.24) is 19.1 Å². The number of imidazole rings is 1. The molecule has 2 aromatic heterocycles. The Balaban J connectivity index is 2.27. The smallest absolute Gasteiger partial charge is 0.329 e. The molecule has 0 radical (unpaired) electrons. The molecule has 0 saturated carbocycles. The van der Waals surface area contributed by atoms with Gasteiger partial charge in [-0.05, 0) is 6.42 Å². The zero-order chi connectivity index (χ0) is 19.1. The van der Waals surface area contributed by atoms with Crippen LogP contribution in [0, 0.1) is 0 Å². The number of H-pyrrole nitrogens is 1. The molecule has 2 aromatic rings. The number of nitrogens with one attached hydrogen (secondary N) is 1. The summed E-state index contributed by atoms with van der Waals surface area (Å²) in [7, 11) is 2.90. The predicted octanol–water partition coefficient (Wildman–Crippen LogP) is 2.05. The molecule has 0 bridgehead atoms. The third-order valence-corrected chi connectivity index (χ3v) is 5.20. The largest absolute Gasteiger partial charge is 0.468 e. The molecule has 0 aliphatic carbocycles. The minimum Gasteiger partial charge on any atom is -0.468 e. The molecule has 0 aliphatic heterocycles. The van der Waals surface area contributed by atoms with Crippen molar-refractivity contribution in [1.29, 1.82) is 0 Å². The van der Waals surface area contributed by atoms with Crippen LogP contribution >= 0.6 is 11.8 Å². The molecule has 144 valence electrons. The molecule has 0 spiro atoms. The van der Waals surface area contributed by atoms with Crippen LogP contribution in [-0.4, -0.2) is 37.9 Å². The molecule has 0 fully saturated rings. The number of carbonyl (C=O) groups is 1. The average molecular weight is 382 g/mol. The number of ether oxygens (including phenoxy) is 1. The highest BCUT2D eigenvalue weighted by molar-refractivity contribution is 7.99. The lowest BCUT2D eigenvalue weighted by Gasteiger charge is -2.08. The van der Waals surface area contributed by atoms with E-state index in [0.717, 1.165) is 19.3 Å². The van der Waals surface area contributed by atoms with E-state index in [9.17, 15) is 14.4 Å². The third kappa shape index (κ3) is 4.78. The van der Waals surface area contributed by atoms with Crippen LogP contribution in [-0.2, 0) is 23.1 Å². The molecule has 2 heterocycles. The van der Waals surface area contributed by atoms with Gasteiger partial charge >= 0.3 is 11.7 Å². The fourth-order valence-corrected chi connectivity index (χ4v) is 3.62. The number of carbonyl (C=O) groups excluding carboxylic acids is 1. The van der Waals surface area contributed by atoms with Gasteiger partial charge < -0.3 is 9.30 Å². The van der Waals surface area contributed by atoms with Crippen LogP contribution in [0.3, 0.4) is 0 Å². The minimum absolute atomic E-state index is 0.0994. The summed E-state index contributed by atoms with van der Waals surface area (Å²) in [5, 5.41) is 0.547. The fraction of sp³-hybridized carbons (Fsp3) is 0.647. The lowest BCUT2D eigenvalue weighted by atomic mass is 10.1. The van der Waals surface area contributed by atoms with Crippen molar-refractivity contribution in [3.8, 4) is 0 Å². The summed E-state index contributed by atoms with van der Waals surface area (Å²) in [5.41, 5.74) is -0.257. The Morgan fingerprint density at radius 1 is 1.19 bits per heavy atom. The summed E-state index contributed by atoms with van der Waals surface area (Å²) in [6.07, 6.45) is 6.76. The van der Waals surface area contributed by atoms with Gasteiger partial charge in [0.2, 0.25) is 0 Å². The van der Waals surface area contributed by atoms with Gasteiger partial charge in [0.25, 0.3) is 5.56 Å². The zero-order valence-electron chi connectivity index (χ0n) is 15.5. The van der Waals surface area contributed by atoms with Gasteiger partial charge in [0, 0.05) is 13.6 Å². The van der Waals surface area contributed by atoms with Gasteiger partial charge in [-0.1, -0.05) is 50.8 Å². The summed E-state index contributed by atoms with van der Waals surface area (Å²) in [6.45, 7) is 2.80. The predicted molar refractivity (Wildman–Crippen MR) is 102 cm³/mol. The SMILES string of the molecule is CCCCCCCCn1c(SCC(=O)OC)nc2c1c(=O)[nH]c(=O)n2C. The van der Waals surface area contributed by atoms with Crippen molar-refractivity contribution in [2.24, 2.45) is 7.05 Å². The maximum Gasteiger partial charge on any atom is 0.329 e. The Morgan fingerprint density at radius 3 is 2.58 bits per heavy atom. The molecule has 0 aliphatic rings. The highest BCUT2D eigenvalue weighted by atomic mass is 32.2. The van der Waals surface area contributed by atoms with Crippen molar-refractivity contribution in [3.05, 3.63) is 20.8 Å². The summed E-state index contributed by atoms with van der Waals surface area (Å²) in [6, 6.07) is 0. The number of nitrogens with zero attached hydrogens (tertiary/aromatic N) is 3. The number of fused-ring (bicyclic) bond motifs is 1. The van der Waals surface area contributed by atoms with Gasteiger partial charge in [0.15, 0.2) is 16.3 Å². The standard InChI is InChI=1S/C17H26N4O4S/c1-4-5-6-7-8-9-10-21-13-14(20(2)16(24)19-15(13)23)18-17(21)26-11-12(22)25-3/h4-11H2,1-3H3,(H,19,23,24). The molecule has 26 heavy (non-hydrogen) atoms. The van der Waals surface area contributed by atoms with E-state index in [1.165, 1.54) is 42.7 Å². The van der Waals surface area contributed by atoms with Crippen LogP contribution in [0.15, 0.2) is 14.7 Å². The van der Waals surface area contributed by atoms with Crippen molar-refractivity contribution in [2.45, 2.75) is 57.1 Å². The number of esters is 1. The number of rotatable bonds is 10. The monoisotopic (exact) mass is 382 g/mol. The molecule has 8 nitrogen and oxygen atoms in total. The normalized spacial score (nSPS) is 11.2. The molecular formula is C17H26N4O4S. The van der Waals surface area contributed by atoms with Gasteiger partial charge in [-0.15, -0.1) is 0 Å². The molecule has 0 atom stereocenters. The first-order valence-electron chi connectivity index (χ1n) is 8.88. The van der Waals surface area contributed by atoms with E-state index in [1.807, 2.05) is 0 Å². The van der Waals surface area contributed by atoms with Gasteiger partial charge in [-0.3, -0.25) is 19.1 Å². The summed E-state index contributed by atoms with van der Waals surface area (Å²) < 4.78 is 7.79. The quantitative estimate of drug-likeness (QED) is 0.384. The second-order valence-corrected chi connectivity index (χ2v) is 7.11. The third-order valence-electron chi connectivity index (χ3n) is 4.25. The van der Waals surface area contributed by atoms with Crippen molar-refractivity contribution in [3.63, 3.8) is 0 Å². The number of methoxy groups -OCH3 is 1. The zero-order valence-corrected chi connectivity index (χ0v) is 16.4.